The lowest BCUT2D eigenvalue weighted by molar-refractivity contribution is 0.628. The molecule has 2 nitrogen and oxygen atoms in total. The summed E-state index contributed by atoms with van der Waals surface area (Å²) in [5.41, 5.74) is 4.65. The van der Waals surface area contributed by atoms with Crippen LogP contribution in [0.15, 0.2) is 59.7 Å². The monoisotopic (exact) mass is 214 g/mol. The third-order valence-corrected chi connectivity index (χ3v) is 2.05. The fourth-order valence-corrected chi connectivity index (χ4v) is 1.24. The Bertz CT molecular complexity index is 463. The predicted octanol–water partition coefficient (Wildman–Crippen LogP) is 3.27. The molecular weight excluding hydrogens is 203 g/mol. The smallest absolute Gasteiger partial charge is 0.123 e. The van der Waals surface area contributed by atoms with Crippen LogP contribution in [0.1, 0.15) is 5.56 Å². The van der Waals surface area contributed by atoms with Gasteiger partial charge in [-0.25, -0.2) is 4.39 Å². The van der Waals surface area contributed by atoms with Gasteiger partial charge >= 0.3 is 0 Å². The number of rotatable bonds is 3. The van der Waals surface area contributed by atoms with Crippen LogP contribution < -0.4 is 5.43 Å². The summed E-state index contributed by atoms with van der Waals surface area (Å²) in [7, 11) is 0. The van der Waals surface area contributed by atoms with Gasteiger partial charge in [-0.1, -0.05) is 30.3 Å². The van der Waals surface area contributed by atoms with E-state index in [4.69, 9.17) is 0 Å². The van der Waals surface area contributed by atoms with Crippen molar-refractivity contribution in [2.45, 2.75) is 0 Å². The molecule has 0 fully saturated rings. The number of nitrogens with one attached hydrogen (secondary N) is 1. The van der Waals surface area contributed by atoms with E-state index in [1.54, 1.807) is 18.3 Å². The normalized spacial score (nSPS) is 10.6. The molecule has 2 aromatic carbocycles. The zero-order valence-electron chi connectivity index (χ0n) is 8.60. The van der Waals surface area contributed by atoms with Gasteiger partial charge in [0.05, 0.1) is 11.9 Å². The quantitative estimate of drug-likeness (QED) is 0.615. The minimum Gasteiger partial charge on any atom is -0.279 e. The molecule has 0 aliphatic rings. The molecular formula is C13H11FN2. The highest BCUT2D eigenvalue weighted by Crippen LogP contribution is 2.05. The molecule has 0 amide bonds. The van der Waals surface area contributed by atoms with E-state index >= 15 is 0 Å². The minimum absolute atomic E-state index is 0.242. The summed E-state index contributed by atoms with van der Waals surface area (Å²) in [4.78, 5) is 0. The highest BCUT2D eigenvalue weighted by molar-refractivity contribution is 5.80. The van der Waals surface area contributed by atoms with Gasteiger partial charge in [0.1, 0.15) is 5.82 Å². The number of hydrogen-bond donors (Lipinski definition) is 1. The van der Waals surface area contributed by atoms with E-state index in [0.717, 1.165) is 11.3 Å². The molecule has 80 valence electrons. The van der Waals surface area contributed by atoms with Gasteiger partial charge in [-0.3, -0.25) is 5.43 Å². The average Bonchev–Trinajstić information content (AvgIpc) is 2.33. The average molecular weight is 214 g/mol. The van der Waals surface area contributed by atoms with E-state index < -0.39 is 0 Å². The lowest BCUT2D eigenvalue weighted by Crippen LogP contribution is -1.90. The highest BCUT2D eigenvalue weighted by Gasteiger charge is 1.89. The molecule has 0 bridgehead atoms. The van der Waals surface area contributed by atoms with Gasteiger partial charge in [0.2, 0.25) is 0 Å². The maximum Gasteiger partial charge on any atom is 0.123 e. The maximum atomic E-state index is 12.6. The van der Waals surface area contributed by atoms with Crippen molar-refractivity contribution in [2.24, 2.45) is 5.10 Å². The Balaban J connectivity index is 1.98. The third-order valence-electron chi connectivity index (χ3n) is 2.05. The van der Waals surface area contributed by atoms with Crippen LogP contribution in [0, 0.1) is 5.82 Å². The summed E-state index contributed by atoms with van der Waals surface area (Å²) in [5.74, 6) is -0.242. The number of hydrogen-bond acceptors (Lipinski definition) is 2. The summed E-state index contributed by atoms with van der Waals surface area (Å²) in [6.07, 6.45) is 1.65. The Morgan fingerprint density at radius 2 is 1.62 bits per heavy atom. The van der Waals surface area contributed by atoms with E-state index in [1.807, 2.05) is 30.3 Å². The molecule has 0 saturated carbocycles. The molecule has 0 aromatic heterocycles. The first-order valence-electron chi connectivity index (χ1n) is 4.94. The molecule has 0 saturated heterocycles. The molecule has 0 atom stereocenters. The maximum absolute atomic E-state index is 12.6. The molecule has 0 unspecified atom stereocenters. The molecule has 2 rings (SSSR count). The van der Waals surface area contributed by atoms with Crippen LogP contribution in [0.5, 0.6) is 0 Å². The number of benzene rings is 2. The number of para-hydroxylation sites is 1. The van der Waals surface area contributed by atoms with Crippen molar-refractivity contribution in [1.82, 2.24) is 0 Å². The van der Waals surface area contributed by atoms with Crippen molar-refractivity contribution in [3.05, 3.63) is 66.0 Å². The Hall–Kier alpha value is -2.16. The van der Waals surface area contributed by atoms with Crippen LogP contribution in [0.3, 0.4) is 0 Å². The molecule has 16 heavy (non-hydrogen) atoms. The fourth-order valence-electron chi connectivity index (χ4n) is 1.24. The van der Waals surface area contributed by atoms with Crippen molar-refractivity contribution in [2.75, 3.05) is 5.43 Å². The molecule has 0 aliphatic heterocycles. The largest absolute Gasteiger partial charge is 0.279 e. The van der Waals surface area contributed by atoms with E-state index in [9.17, 15) is 4.39 Å². The van der Waals surface area contributed by atoms with Gasteiger partial charge < -0.3 is 0 Å². The van der Waals surface area contributed by atoms with Crippen LogP contribution in [0.2, 0.25) is 0 Å². The fraction of sp³-hybridized carbons (Fsp3) is 0. The lowest BCUT2D eigenvalue weighted by atomic mass is 10.2. The number of anilines is 1. The third kappa shape index (κ3) is 2.92. The second kappa shape index (κ2) is 5.07. The van der Waals surface area contributed by atoms with Crippen molar-refractivity contribution >= 4 is 11.9 Å². The topological polar surface area (TPSA) is 24.4 Å². The lowest BCUT2D eigenvalue weighted by Gasteiger charge is -1.98. The zero-order chi connectivity index (χ0) is 11.2. The van der Waals surface area contributed by atoms with Crippen molar-refractivity contribution in [1.29, 1.82) is 0 Å². The Morgan fingerprint density at radius 1 is 0.938 bits per heavy atom. The van der Waals surface area contributed by atoms with Crippen molar-refractivity contribution in [3.63, 3.8) is 0 Å². The van der Waals surface area contributed by atoms with Crippen molar-refractivity contribution < 1.29 is 4.39 Å². The van der Waals surface area contributed by atoms with Gasteiger partial charge in [-0.05, 0) is 29.8 Å². The SMILES string of the molecule is Fc1ccc(/C=N\Nc2ccccc2)cc1. The summed E-state index contributed by atoms with van der Waals surface area (Å²) in [6, 6.07) is 15.8. The van der Waals surface area contributed by atoms with Crippen LogP contribution in [-0.4, -0.2) is 6.21 Å². The molecule has 1 N–H and O–H groups in total. The second-order valence-corrected chi connectivity index (χ2v) is 3.29. The number of halogens is 1. The van der Waals surface area contributed by atoms with Crippen LogP contribution in [0.25, 0.3) is 0 Å². The Labute approximate surface area is 93.4 Å². The van der Waals surface area contributed by atoms with Gasteiger partial charge in [0, 0.05) is 0 Å². The first kappa shape index (κ1) is 10.4. The van der Waals surface area contributed by atoms with Crippen LogP contribution >= 0.6 is 0 Å². The van der Waals surface area contributed by atoms with Gasteiger partial charge in [0.15, 0.2) is 0 Å². The molecule has 2 aromatic rings. The van der Waals surface area contributed by atoms with E-state index in [2.05, 4.69) is 10.5 Å². The standard InChI is InChI=1S/C13H11FN2/c14-12-8-6-11(7-9-12)10-15-16-13-4-2-1-3-5-13/h1-10,16H/b15-10-. The summed E-state index contributed by atoms with van der Waals surface area (Å²) in [5, 5.41) is 4.04. The molecule has 3 heteroatoms. The summed E-state index contributed by atoms with van der Waals surface area (Å²) < 4.78 is 12.6. The van der Waals surface area contributed by atoms with E-state index in [-0.39, 0.29) is 5.82 Å². The second-order valence-electron chi connectivity index (χ2n) is 3.29. The zero-order valence-corrected chi connectivity index (χ0v) is 8.60. The Kier molecular flexibility index (Phi) is 3.28. The molecule has 0 spiro atoms. The highest BCUT2D eigenvalue weighted by atomic mass is 19.1. The predicted molar refractivity (Wildman–Crippen MR) is 64.1 cm³/mol. The summed E-state index contributed by atoms with van der Waals surface area (Å²) >= 11 is 0. The van der Waals surface area contributed by atoms with E-state index in [0.29, 0.717) is 0 Å². The van der Waals surface area contributed by atoms with Crippen molar-refractivity contribution in [3.8, 4) is 0 Å². The van der Waals surface area contributed by atoms with E-state index in [1.165, 1.54) is 12.1 Å². The van der Waals surface area contributed by atoms with Crippen LogP contribution in [0.4, 0.5) is 10.1 Å². The number of nitrogens with zero attached hydrogens (tertiary/aromatic N) is 1. The van der Waals surface area contributed by atoms with Gasteiger partial charge in [-0.15, -0.1) is 0 Å². The molecule has 0 heterocycles. The van der Waals surface area contributed by atoms with Gasteiger partial charge in [0.25, 0.3) is 0 Å². The number of hydrazone groups is 1. The first-order valence-corrected chi connectivity index (χ1v) is 4.94. The first-order chi connectivity index (χ1) is 7.84. The molecule has 0 aliphatic carbocycles. The van der Waals surface area contributed by atoms with Gasteiger partial charge in [-0.2, -0.15) is 5.10 Å². The minimum atomic E-state index is -0.242. The Morgan fingerprint density at radius 3 is 2.31 bits per heavy atom. The van der Waals surface area contributed by atoms with Crippen LogP contribution in [-0.2, 0) is 0 Å². The summed E-state index contributed by atoms with van der Waals surface area (Å²) in [6.45, 7) is 0. The molecule has 0 radical (unpaired) electrons.